The summed E-state index contributed by atoms with van der Waals surface area (Å²) in [5.41, 5.74) is 0.157. The first kappa shape index (κ1) is 8.31. The largest absolute Gasteiger partial charge is 0.374 e. The molecule has 0 fully saturated rings. The van der Waals surface area contributed by atoms with E-state index in [-0.39, 0.29) is 10.7 Å². The van der Waals surface area contributed by atoms with Gasteiger partial charge in [-0.05, 0) is 0 Å². The minimum absolute atomic E-state index is 0.188. The topological polar surface area (TPSA) is 47.5 Å². The minimum Gasteiger partial charge on any atom is -0.374 e. The molecule has 2 heterocycles. The van der Waals surface area contributed by atoms with E-state index in [0.717, 1.165) is 11.0 Å². The average Bonchev–Trinajstić information content (AvgIpc) is 2.47. The number of rotatable bonds is 1. The molecule has 0 saturated carbocycles. The number of hydrogen-bond acceptors (Lipinski definition) is 3. The standard InChI is InChI=1S/C8H7ClN2O2/c1-2-5-3-7-10-6(9)4-8(12)11(7)13-5/h3-4H,2H2,1H3. The first-order valence-electron chi connectivity index (χ1n) is 3.89. The van der Waals surface area contributed by atoms with Crippen molar-refractivity contribution in [2.24, 2.45) is 0 Å². The lowest BCUT2D eigenvalue weighted by atomic mass is 10.4. The van der Waals surface area contributed by atoms with Crippen LogP contribution in [-0.4, -0.2) is 9.56 Å². The van der Waals surface area contributed by atoms with Gasteiger partial charge in [-0.2, -0.15) is 0 Å². The number of fused-ring (bicyclic) bond motifs is 1. The van der Waals surface area contributed by atoms with Gasteiger partial charge in [0, 0.05) is 18.6 Å². The fraction of sp³-hybridized carbons (Fsp3) is 0.250. The third kappa shape index (κ3) is 1.33. The van der Waals surface area contributed by atoms with Crippen molar-refractivity contribution in [2.75, 3.05) is 0 Å². The maximum absolute atomic E-state index is 11.3. The second-order valence-electron chi connectivity index (χ2n) is 2.63. The Kier molecular flexibility index (Phi) is 1.84. The SMILES string of the molecule is CCc1cc2nc(Cl)cc(=O)n2o1. The van der Waals surface area contributed by atoms with Crippen LogP contribution in [0.5, 0.6) is 0 Å². The summed E-state index contributed by atoms with van der Waals surface area (Å²) in [6.07, 6.45) is 0.723. The van der Waals surface area contributed by atoms with E-state index in [0.29, 0.717) is 11.4 Å². The molecule has 4 nitrogen and oxygen atoms in total. The van der Waals surface area contributed by atoms with Crippen molar-refractivity contribution in [2.45, 2.75) is 13.3 Å². The Labute approximate surface area is 78.7 Å². The van der Waals surface area contributed by atoms with Crippen LogP contribution in [0.2, 0.25) is 5.15 Å². The van der Waals surface area contributed by atoms with Gasteiger partial charge >= 0.3 is 0 Å². The number of halogens is 1. The van der Waals surface area contributed by atoms with E-state index in [1.54, 1.807) is 6.07 Å². The molecule has 0 aromatic carbocycles. The lowest BCUT2D eigenvalue weighted by molar-refractivity contribution is 0.336. The van der Waals surface area contributed by atoms with E-state index in [4.69, 9.17) is 16.1 Å². The second-order valence-corrected chi connectivity index (χ2v) is 3.01. The van der Waals surface area contributed by atoms with Crippen molar-refractivity contribution in [1.29, 1.82) is 0 Å². The van der Waals surface area contributed by atoms with Gasteiger partial charge in [0.25, 0.3) is 5.56 Å². The fourth-order valence-electron chi connectivity index (χ4n) is 1.10. The Morgan fingerprint density at radius 2 is 2.38 bits per heavy atom. The van der Waals surface area contributed by atoms with Crippen LogP contribution in [0.25, 0.3) is 5.65 Å². The van der Waals surface area contributed by atoms with Crippen LogP contribution in [0.15, 0.2) is 21.5 Å². The van der Waals surface area contributed by atoms with E-state index in [1.807, 2.05) is 6.92 Å². The fourth-order valence-corrected chi connectivity index (χ4v) is 1.28. The predicted octanol–water partition coefficient (Wildman–Crippen LogP) is 1.50. The first-order valence-corrected chi connectivity index (χ1v) is 4.27. The summed E-state index contributed by atoms with van der Waals surface area (Å²) in [6, 6.07) is 2.92. The molecule has 2 aromatic heterocycles. The normalized spacial score (nSPS) is 10.9. The Hall–Kier alpha value is -1.29. The number of aryl methyl sites for hydroxylation is 1. The molecular weight excluding hydrogens is 192 g/mol. The molecule has 0 bridgehead atoms. The molecule has 0 aliphatic rings. The zero-order chi connectivity index (χ0) is 9.42. The molecule has 0 N–H and O–H groups in total. The van der Waals surface area contributed by atoms with Gasteiger partial charge in [-0.3, -0.25) is 4.79 Å². The van der Waals surface area contributed by atoms with E-state index < -0.39 is 0 Å². The Bertz CT molecular complexity index is 500. The third-order valence-electron chi connectivity index (χ3n) is 1.72. The van der Waals surface area contributed by atoms with Gasteiger partial charge in [0.1, 0.15) is 10.9 Å². The molecule has 2 aromatic rings. The van der Waals surface area contributed by atoms with Gasteiger partial charge in [0.2, 0.25) is 0 Å². The van der Waals surface area contributed by atoms with Crippen LogP contribution >= 0.6 is 11.6 Å². The van der Waals surface area contributed by atoms with Crippen molar-refractivity contribution in [1.82, 2.24) is 9.56 Å². The van der Waals surface area contributed by atoms with E-state index in [1.165, 1.54) is 6.07 Å². The summed E-state index contributed by atoms with van der Waals surface area (Å²) in [6.45, 7) is 1.93. The van der Waals surface area contributed by atoms with Crippen molar-refractivity contribution in [3.05, 3.63) is 33.4 Å². The summed E-state index contributed by atoms with van der Waals surface area (Å²) in [5.74, 6) is 0.715. The smallest absolute Gasteiger partial charge is 0.288 e. The van der Waals surface area contributed by atoms with Crippen LogP contribution in [-0.2, 0) is 6.42 Å². The molecule has 2 rings (SSSR count). The first-order chi connectivity index (χ1) is 6.20. The van der Waals surface area contributed by atoms with Gasteiger partial charge in [-0.15, -0.1) is 4.57 Å². The summed E-state index contributed by atoms with van der Waals surface area (Å²) in [5, 5.41) is 0.188. The van der Waals surface area contributed by atoms with Crippen LogP contribution < -0.4 is 5.56 Å². The lowest BCUT2D eigenvalue weighted by Crippen LogP contribution is -2.10. The predicted molar refractivity (Wildman–Crippen MR) is 48.1 cm³/mol. The number of aromatic nitrogens is 2. The van der Waals surface area contributed by atoms with Crippen LogP contribution in [0.1, 0.15) is 12.7 Å². The molecule has 5 heteroatoms. The number of hydrogen-bond donors (Lipinski definition) is 0. The van der Waals surface area contributed by atoms with E-state index in [2.05, 4.69) is 4.98 Å². The van der Waals surface area contributed by atoms with Gasteiger partial charge < -0.3 is 4.52 Å². The molecule has 0 aliphatic heterocycles. The lowest BCUT2D eigenvalue weighted by Gasteiger charge is -1.89. The molecule has 0 radical (unpaired) electrons. The van der Waals surface area contributed by atoms with E-state index in [9.17, 15) is 4.79 Å². The molecule has 0 atom stereocenters. The van der Waals surface area contributed by atoms with Crippen LogP contribution in [0.4, 0.5) is 0 Å². The third-order valence-corrected chi connectivity index (χ3v) is 1.91. The number of nitrogens with zero attached hydrogens (tertiary/aromatic N) is 2. The second kappa shape index (κ2) is 2.88. The molecule has 0 aliphatic carbocycles. The van der Waals surface area contributed by atoms with Gasteiger partial charge in [0.15, 0.2) is 5.65 Å². The Morgan fingerprint density at radius 1 is 1.62 bits per heavy atom. The van der Waals surface area contributed by atoms with Crippen LogP contribution in [0, 0.1) is 0 Å². The molecule has 0 spiro atoms. The quantitative estimate of drug-likeness (QED) is 0.653. The molecule has 13 heavy (non-hydrogen) atoms. The zero-order valence-electron chi connectivity index (χ0n) is 6.95. The molecule has 0 unspecified atom stereocenters. The minimum atomic E-state index is -0.297. The van der Waals surface area contributed by atoms with Crippen molar-refractivity contribution >= 4 is 17.2 Å². The highest BCUT2D eigenvalue weighted by Gasteiger charge is 2.05. The summed E-state index contributed by atoms with van der Waals surface area (Å²) in [7, 11) is 0. The van der Waals surface area contributed by atoms with Crippen LogP contribution in [0.3, 0.4) is 0 Å². The maximum Gasteiger partial charge on any atom is 0.288 e. The van der Waals surface area contributed by atoms with Gasteiger partial charge in [-0.1, -0.05) is 18.5 Å². The highest BCUT2D eigenvalue weighted by Crippen LogP contribution is 2.08. The highest BCUT2D eigenvalue weighted by atomic mass is 35.5. The molecule has 68 valence electrons. The monoisotopic (exact) mass is 198 g/mol. The van der Waals surface area contributed by atoms with E-state index >= 15 is 0 Å². The van der Waals surface area contributed by atoms with Gasteiger partial charge in [0.05, 0.1) is 0 Å². The average molecular weight is 199 g/mol. The molecule has 0 saturated heterocycles. The molecule has 0 amide bonds. The van der Waals surface area contributed by atoms with Gasteiger partial charge in [-0.25, -0.2) is 4.98 Å². The Morgan fingerprint density at radius 3 is 3.08 bits per heavy atom. The summed E-state index contributed by atoms with van der Waals surface area (Å²) in [4.78, 5) is 15.2. The van der Waals surface area contributed by atoms with Crippen molar-refractivity contribution < 1.29 is 4.52 Å². The summed E-state index contributed by atoms with van der Waals surface area (Å²) >= 11 is 5.61. The maximum atomic E-state index is 11.3. The molecular formula is C8H7ClN2O2. The van der Waals surface area contributed by atoms with Crippen molar-refractivity contribution in [3.8, 4) is 0 Å². The zero-order valence-corrected chi connectivity index (χ0v) is 7.71. The van der Waals surface area contributed by atoms with Crippen molar-refractivity contribution in [3.63, 3.8) is 0 Å². The Balaban J connectivity index is 2.83. The summed E-state index contributed by atoms with van der Waals surface area (Å²) < 4.78 is 6.32. The highest BCUT2D eigenvalue weighted by molar-refractivity contribution is 6.29.